The fraction of sp³-hybridized carbons (Fsp3) is 0.200. The zero-order chi connectivity index (χ0) is 27.4. The molecule has 0 spiro atoms. The molecule has 1 atom stereocenters. The topological polar surface area (TPSA) is 92.6 Å². The highest BCUT2D eigenvalue weighted by atomic mass is 32.2. The zero-order valence-corrected chi connectivity index (χ0v) is 23.2. The Morgan fingerprint density at radius 2 is 1.79 bits per heavy atom. The minimum absolute atomic E-state index is 0.00480. The lowest BCUT2D eigenvalue weighted by Crippen LogP contribution is -2.29. The third kappa shape index (κ3) is 5.74. The van der Waals surface area contributed by atoms with Crippen LogP contribution >= 0.6 is 23.1 Å². The van der Waals surface area contributed by atoms with E-state index in [0.29, 0.717) is 38.7 Å². The van der Waals surface area contributed by atoms with Crippen LogP contribution in [-0.2, 0) is 15.3 Å². The highest BCUT2D eigenvalue weighted by Crippen LogP contribution is 2.44. The van der Waals surface area contributed by atoms with Crippen LogP contribution in [0.5, 0.6) is 5.75 Å². The number of aromatic nitrogens is 2. The van der Waals surface area contributed by atoms with E-state index in [1.54, 1.807) is 18.2 Å². The number of anilines is 1. The van der Waals surface area contributed by atoms with Gasteiger partial charge in [0.05, 0.1) is 18.2 Å². The highest BCUT2D eigenvalue weighted by molar-refractivity contribution is 8.00. The molecule has 0 saturated carbocycles. The second kappa shape index (κ2) is 11.8. The second-order valence-corrected chi connectivity index (χ2v) is 11.3. The second-order valence-electron chi connectivity index (χ2n) is 9.08. The Bertz CT molecular complexity index is 1520. The molecular weight excluding hydrogens is 530 g/mol. The van der Waals surface area contributed by atoms with E-state index in [0.717, 1.165) is 17.5 Å². The number of aryl methyl sites for hydroxylation is 1. The molecule has 198 valence electrons. The number of thioether (sulfide) groups is 1. The Kier molecular flexibility index (Phi) is 8.09. The molecule has 0 aliphatic carbocycles. The van der Waals surface area contributed by atoms with E-state index < -0.39 is 17.7 Å². The number of benzene rings is 3. The van der Waals surface area contributed by atoms with Crippen molar-refractivity contribution in [2.45, 2.75) is 36.4 Å². The van der Waals surface area contributed by atoms with Gasteiger partial charge in [-0.1, -0.05) is 102 Å². The summed E-state index contributed by atoms with van der Waals surface area (Å²) in [5, 5.41) is 20.2. The number of aliphatic hydroxyl groups is 1. The van der Waals surface area contributed by atoms with E-state index in [2.05, 4.69) is 10.2 Å². The van der Waals surface area contributed by atoms with Gasteiger partial charge in [0.1, 0.15) is 11.5 Å². The fourth-order valence-electron chi connectivity index (χ4n) is 4.28. The number of aliphatic hydroxyl groups excluding tert-OH is 1. The van der Waals surface area contributed by atoms with E-state index in [-0.39, 0.29) is 11.3 Å². The fourth-order valence-corrected chi connectivity index (χ4v) is 6.11. The first kappa shape index (κ1) is 26.6. The van der Waals surface area contributed by atoms with E-state index >= 15 is 0 Å². The molecule has 0 radical (unpaired) electrons. The quantitative estimate of drug-likeness (QED) is 0.0820. The molecule has 39 heavy (non-hydrogen) atoms. The smallest absolute Gasteiger partial charge is 0.301 e. The Labute approximate surface area is 235 Å². The van der Waals surface area contributed by atoms with Crippen molar-refractivity contribution in [1.29, 1.82) is 0 Å². The zero-order valence-electron chi connectivity index (χ0n) is 21.5. The number of carbonyl (C=O) groups is 2. The molecule has 1 N–H and O–H groups in total. The highest BCUT2D eigenvalue weighted by Gasteiger charge is 2.48. The standard InChI is InChI=1S/C30H27N3O4S2/c1-3-16-37-23-11-7-10-22(17-23)25-24(26(34)21-14-12-19(2)13-15-21)27(35)28(36)33(25)29-31-32-30(39-29)38-18-20-8-5-4-6-9-20/h4-15,17,25,34H,3,16,18H2,1-2H3/b26-24+. The molecule has 3 aromatic carbocycles. The van der Waals surface area contributed by atoms with Gasteiger partial charge in [-0.2, -0.15) is 0 Å². The van der Waals surface area contributed by atoms with Crippen LogP contribution in [0.2, 0.25) is 0 Å². The van der Waals surface area contributed by atoms with E-state index in [9.17, 15) is 14.7 Å². The number of carbonyl (C=O) groups excluding carboxylic acids is 2. The number of hydrogen-bond acceptors (Lipinski definition) is 8. The Hall–Kier alpha value is -3.95. The first-order valence-corrected chi connectivity index (χ1v) is 14.4. The third-order valence-corrected chi connectivity index (χ3v) is 8.35. The molecule has 4 aromatic rings. The largest absolute Gasteiger partial charge is 0.507 e. The molecule has 9 heteroatoms. The number of ketones is 1. The molecule has 1 amide bonds. The van der Waals surface area contributed by atoms with Gasteiger partial charge in [-0.15, -0.1) is 10.2 Å². The summed E-state index contributed by atoms with van der Waals surface area (Å²) in [6.07, 6.45) is 0.838. The number of nitrogens with zero attached hydrogens (tertiary/aromatic N) is 3. The van der Waals surface area contributed by atoms with Crippen molar-refractivity contribution in [3.63, 3.8) is 0 Å². The van der Waals surface area contributed by atoms with E-state index in [1.165, 1.54) is 28.0 Å². The molecule has 1 fully saturated rings. The summed E-state index contributed by atoms with van der Waals surface area (Å²) >= 11 is 2.75. The Balaban J connectivity index is 1.56. The van der Waals surface area contributed by atoms with Gasteiger partial charge in [0.2, 0.25) is 5.13 Å². The average molecular weight is 558 g/mol. The predicted molar refractivity (Wildman–Crippen MR) is 154 cm³/mol. The Morgan fingerprint density at radius 1 is 1.03 bits per heavy atom. The maximum Gasteiger partial charge on any atom is 0.301 e. The first-order chi connectivity index (χ1) is 19.0. The molecule has 1 unspecified atom stereocenters. The van der Waals surface area contributed by atoms with Gasteiger partial charge < -0.3 is 9.84 Å². The van der Waals surface area contributed by atoms with Gasteiger partial charge in [0, 0.05) is 11.3 Å². The van der Waals surface area contributed by atoms with Gasteiger partial charge in [-0.3, -0.25) is 14.5 Å². The lowest BCUT2D eigenvalue weighted by molar-refractivity contribution is -0.132. The minimum atomic E-state index is -0.892. The summed E-state index contributed by atoms with van der Waals surface area (Å²) in [5.74, 6) is -0.450. The van der Waals surface area contributed by atoms with Crippen LogP contribution in [0.25, 0.3) is 5.76 Å². The molecule has 7 nitrogen and oxygen atoms in total. The normalized spacial score (nSPS) is 16.6. The van der Waals surface area contributed by atoms with Gasteiger partial charge in [-0.05, 0) is 36.6 Å². The minimum Gasteiger partial charge on any atom is -0.507 e. The van der Waals surface area contributed by atoms with Crippen LogP contribution in [0, 0.1) is 6.92 Å². The van der Waals surface area contributed by atoms with Crippen LogP contribution < -0.4 is 9.64 Å². The van der Waals surface area contributed by atoms with E-state index in [1.807, 2.05) is 74.5 Å². The van der Waals surface area contributed by atoms with Crippen molar-refractivity contribution in [2.24, 2.45) is 0 Å². The number of Topliss-reactive ketones (excluding diaryl/α,β-unsaturated/α-hetero) is 1. The number of ether oxygens (including phenoxy) is 1. The van der Waals surface area contributed by atoms with Gasteiger partial charge >= 0.3 is 5.91 Å². The molecule has 0 bridgehead atoms. The summed E-state index contributed by atoms with van der Waals surface area (Å²) in [5.41, 5.74) is 3.24. The third-order valence-electron chi connectivity index (χ3n) is 6.22. The van der Waals surface area contributed by atoms with Crippen LogP contribution in [0.1, 0.15) is 41.6 Å². The summed E-state index contributed by atoms with van der Waals surface area (Å²) in [6, 6.07) is 23.5. The van der Waals surface area contributed by atoms with Crippen molar-refractivity contribution in [1.82, 2.24) is 10.2 Å². The summed E-state index contributed by atoms with van der Waals surface area (Å²) < 4.78 is 6.50. The molecule has 1 aliphatic heterocycles. The lowest BCUT2D eigenvalue weighted by atomic mass is 9.95. The van der Waals surface area contributed by atoms with Crippen molar-refractivity contribution < 1.29 is 19.4 Å². The van der Waals surface area contributed by atoms with Crippen LogP contribution in [0.3, 0.4) is 0 Å². The monoisotopic (exact) mass is 557 g/mol. The lowest BCUT2D eigenvalue weighted by Gasteiger charge is -2.23. The first-order valence-electron chi connectivity index (χ1n) is 12.6. The number of amides is 1. The molecule has 1 aliphatic rings. The average Bonchev–Trinajstić information content (AvgIpc) is 3.53. The summed E-state index contributed by atoms with van der Waals surface area (Å²) in [6.45, 7) is 4.49. The Morgan fingerprint density at radius 3 is 2.54 bits per heavy atom. The van der Waals surface area contributed by atoms with Crippen LogP contribution in [-0.4, -0.2) is 33.6 Å². The number of hydrogen-bond donors (Lipinski definition) is 1. The van der Waals surface area contributed by atoms with Crippen molar-refractivity contribution in [3.8, 4) is 5.75 Å². The van der Waals surface area contributed by atoms with Gasteiger partial charge in [0.25, 0.3) is 5.78 Å². The van der Waals surface area contributed by atoms with Crippen molar-refractivity contribution >= 4 is 45.7 Å². The molecule has 1 aromatic heterocycles. The SMILES string of the molecule is CCCOc1cccc(C2/C(=C(\O)c3ccc(C)cc3)C(=O)C(=O)N2c2nnc(SCc3ccccc3)s2)c1. The van der Waals surface area contributed by atoms with Crippen molar-refractivity contribution in [3.05, 3.63) is 107 Å². The molecule has 2 heterocycles. The summed E-state index contributed by atoms with van der Waals surface area (Å²) in [7, 11) is 0. The summed E-state index contributed by atoms with van der Waals surface area (Å²) in [4.78, 5) is 28.2. The van der Waals surface area contributed by atoms with Crippen molar-refractivity contribution in [2.75, 3.05) is 11.5 Å². The van der Waals surface area contributed by atoms with E-state index in [4.69, 9.17) is 4.74 Å². The molecular formula is C30H27N3O4S2. The number of rotatable bonds is 9. The van der Waals surface area contributed by atoms with Gasteiger partial charge in [-0.25, -0.2) is 0 Å². The predicted octanol–water partition coefficient (Wildman–Crippen LogP) is 6.55. The molecule has 5 rings (SSSR count). The molecule has 1 saturated heterocycles. The maximum atomic E-state index is 13.5. The van der Waals surface area contributed by atoms with Crippen LogP contribution in [0.15, 0.2) is 88.8 Å². The van der Waals surface area contributed by atoms with Gasteiger partial charge in [0.15, 0.2) is 4.34 Å². The maximum absolute atomic E-state index is 13.5. The van der Waals surface area contributed by atoms with Crippen LogP contribution in [0.4, 0.5) is 5.13 Å².